The molecule has 57 valence electrons. The van der Waals surface area contributed by atoms with Crippen molar-refractivity contribution in [2.24, 2.45) is 0 Å². The van der Waals surface area contributed by atoms with E-state index in [9.17, 15) is 0 Å². The number of fused-ring (bicyclic) bond motifs is 1. The Morgan fingerprint density at radius 1 is 1.73 bits per heavy atom. The first kappa shape index (κ1) is 6.85. The first-order valence-corrected chi connectivity index (χ1v) is 4.29. The van der Waals surface area contributed by atoms with Crippen molar-refractivity contribution in [2.75, 3.05) is 0 Å². The van der Waals surface area contributed by atoms with Crippen molar-refractivity contribution in [1.82, 2.24) is 9.88 Å². The molecule has 0 amide bonds. The van der Waals surface area contributed by atoms with Gasteiger partial charge in [-0.1, -0.05) is 0 Å². The molecular formula is C8H9N2S. The Hall–Kier alpha value is -0.830. The van der Waals surface area contributed by atoms with Crippen LogP contribution in [0, 0.1) is 14.0 Å². The van der Waals surface area contributed by atoms with Crippen LogP contribution in [0.5, 0.6) is 0 Å². The van der Waals surface area contributed by atoms with Gasteiger partial charge in [-0.3, -0.25) is 0 Å². The van der Waals surface area contributed by atoms with E-state index in [0.29, 0.717) is 0 Å². The molecule has 2 rings (SSSR count). The summed E-state index contributed by atoms with van der Waals surface area (Å²) < 4.78 is 0. The van der Waals surface area contributed by atoms with Crippen molar-refractivity contribution < 1.29 is 0 Å². The predicted molar refractivity (Wildman–Crippen MR) is 46.8 cm³/mol. The van der Waals surface area contributed by atoms with Gasteiger partial charge >= 0.3 is 0 Å². The second-order valence-corrected chi connectivity index (χ2v) is 3.84. The van der Waals surface area contributed by atoms with E-state index in [-0.39, 0.29) is 0 Å². The number of thiazole rings is 1. The molecule has 2 heterocycles. The van der Waals surface area contributed by atoms with Crippen molar-refractivity contribution >= 4 is 17.4 Å². The number of nitrogens with zero attached hydrogens (tertiary/aromatic N) is 2. The molecule has 0 spiro atoms. The standard InChI is InChI=1S/C8H9N2S/c1-6-9-7-5-10(2)4-3-8(7)11-6/h3-4H,2,5H2,1H3. The summed E-state index contributed by atoms with van der Waals surface area (Å²) in [5, 5.41) is 1.13. The Morgan fingerprint density at radius 2 is 2.55 bits per heavy atom. The van der Waals surface area contributed by atoms with E-state index < -0.39 is 0 Å². The summed E-state index contributed by atoms with van der Waals surface area (Å²) in [5.41, 5.74) is 1.16. The molecule has 1 radical (unpaired) electrons. The molecule has 0 bridgehead atoms. The van der Waals surface area contributed by atoms with Crippen molar-refractivity contribution in [2.45, 2.75) is 13.5 Å². The van der Waals surface area contributed by atoms with E-state index in [1.54, 1.807) is 11.3 Å². The fraction of sp³-hybridized carbons (Fsp3) is 0.250. The van der Waals surface area contributed by atoms with Gasteiger partial charge in [0.1, 0.15) is 0 Å². The lowest BCUT2D eigenvalue weighted by atomic mass is 10.3. The van der Waals surface area contributed by atoms with Crippen LogP contribution >= 0.6 is 11.3 Å². The fourth-order valence-corrected chi connectivity index (χ4v) is 1.98. The molecule has 0 fully saturated rings. The molecule has 2 nitrogen and oxygen atoms in total. The Kier molecular flexibility index (Phi) is 1.46. The summed E-state index contributed by atoms with van der Waals surface area (Å²) in [7, 11) is 3.82. The van der Waals surface area contributed by atoms with Gasteiger partial charge in [-0.05, 0) is 13.0 Å². The molecule has 3 heteroatoms. The Balaban J connectivity index is 2.44. The maximum Gasteiger partial charge on any atom is 0.0904 e. The summed E-state index contributed by atoms with van der Waals surface area (Å²) >= 11 is 1.74. The maximum absolute atomic E-state index is 4.39. The molecule has 1 aliphatic rings. The third-order valence-corrected chi connectivity index (χ3v) is 2.60. The number of rotatable bonds is 0. The van der Waals surface area contributed by atoms with Crippen LogP contribution in [0.15, 0.2) is 6.20 Å². The maximum atomic E-state index is 4.39. The van der Waals surface area contributed by atoms with E-state index in [1.165, 1.54) is 4.88 Å². The summed E-state index contributed by atoms with van der Waals surface area (Å²) in [5.74, 6) is 0. The first-order chi connectivity index (χ1) is 5.25. The smallest absolute Gasteiger partial charge is 0.0904 e. The molecule has 0 saturated heterocycles. The first-order valence-electron chi connectivity index (χ1n) is 3.47. The van der Waals surface area contributed by atoms with Crippen LogP contribution in [0.25, 0.3) is 6.08 Å². The van der Waals surface area contributed by atoms with Crippen molar-refractivity contribution in [1.29, 1.82) is 0 Å². The van der Waals surface area contributed by atoms with E-state index in [1.807, 2.05) is 18.0 Å². The summed E-state index contributed by atoms with van der Waals surface area (Å²) in [6, 6.07) is 0. The second kappa shape index (κ2) is 2.34. The monoisotopic (exact) mass is 165 g/mol. The van der Waals surface area contributed by atoms with E-state index in [4.69, 9.17) is 0 Å². The lowest BCUT2D eigenvalue weighted by molar-refractivity contribution is 0.485. The van der Waals surface area contributed by atoms with Gasteiger partial charge in [-0.2, -0.15) is 0 Å². The van der Waals surface area contributed by atoms with Gasteiger partial charge < -0.3 is 4.90 Å². The molecule has 0 atom stereocenters. The zero-order valence-electron chi connectivity index (χ0n) is 6.37. The highest BCUT2D eigenvalue weighted by Crippen LogP contribution is 2.24. The van der Waals surface area contributed by atoms with E-state index >= 15 is 0 Å². The molecule has 1 aliphatic heterocycles. The molecule has 0 aliphatic carbocycles. The number of aromatic nitrogens is 1. The third kappa shape index (κ3) is 1.16. The summed E-state index contributed by atoms with van der Waals surface area (Å²) in [6.45, 7) is 2.88. The molecule has 11 heavy (non-hydrogen) atoms. The SMILES string of the molecule is [CH2]N1C=Cc2sc(C)nc2C1. The van der Waals surface area contributed by atoms with Crippen molar-refractivity contribution in [3.05, 3.63) is 28.8 Å². The van der Waals surface area contributed by atoms with E-state index in [2.05, 4.69) is 18.1 Å². The van der Waals surface area contributed by atoms with Gasteiger partial charge in [0, 0.05) is 13.2 Å². The molecule has 0 saturated carbocycles. The highest BCUT2D eigenvalue weighted by atomic mass is 32.1. The minimum atomic E-state index is 0.843. The second-order valence-electron chi connectivity index (χ2n) is 2.61. The largest absolute Gasteiger partial charge is 0.370 e. The van der Waals surface area contributed by atoms with Crippen LogP contribution in [0.3, 0.4) is 0 Å². The molecule has 1 aromatic rings. The highest BCUT2D eigenvalue weighted by molar-refractivity contribution is 7.12. The Morgan fingerprint density at radius 3 is 3.36 bits per heavy atom. The van der Waals surface area contributed by atoms with Crippen molar-refractivity contribution in [3.8, 4) is 0 Å². The lowest BCUT2D eigenvalue weighted by Crippen LogP contribution is -2.11. The molecule has 0 N–H and O–H groups in total. The van der Waals surface area contributed by atoms with Crippen molar-refractivity contribution in [3.63, 3.8) is 0 Å². The van der Waals surface area contributed by atoms with Crippen LogP contribution in [-0.2, 0) is 6.54 Å². The van der Waals surface area contributed by atoms with Crippen LogP contribution in [0.4, 0.5) is 0 Å². The van der Waals surface area contributed by atoms with Gasteiger partial charge in [-0.25, -0.2) is 4.98 Å². The number of hydrogen-bond donors (Lipinski definition) is 0. The zero-order valence-corrected chi connectivity index (χ0v) is 7.19. The third-order valence-electron chi connectivity index (χ3n) is 1.62. The Bertz CT molecular complexity index is 301. The van der Waals surface area contributed by atoms with Gasteiger partial charge in [0.05, 0.1) is 22.1 Å². The average Bonchev–Trinajstić information content (AvgIpc) is 2.27. The molecule has 1 aromatic heterocycles. The zero-order chi connectivity index (χ0) is 7.84. The van der Waals surface area contributed by atoms with Crippen LogP contribution in [0.1, 0.15) is 15.6 Å². The quantitative estimate of drug-likeness (QED) is 0.584. The highest BCUT2D eigenvalue weighted by Gasteiger charge is 2.11. The lowest BCUT2D eigenvalue weighted by Gasteiger charge is -2.15. The topological polar surface area (TPSA) is 16.1 Å². The van der Waals surface area contributed by atoms with Crippen LogP contribution in [0.2, 0.25) is 0 Å². The minimum Gasteiger partial charge on any atom is -0.370 e. The number of hydrogen-bond acceptors (Lipinski definition) is 3. The van der Waals surface area contributed by atoms with Crippen LogP contribution < -0.4 is 0 Å². The van der Waals surface area contributed by atoms with Gasteiger partial charge in [0.2, 0.25) is 0 Å². The average molecular weight is 165 g/mol. The normalized spacial score (nSPS) is 15.3. The Labute approximate surface area is 70.2 Å². The minimum absolute atomic E-state index is 0.843. The van der Waals surface area contributed by atoms with Crippen LogP contribution in [-0.4, -0.2) is 9.88 Å². The van der Waals surface area contributed by atoms with Gasteiger partial charge in [-0.15, -0.1) is 11.3 Å². The fourth-order valence-electron chi connectivity index (χ4n) is 1.15. The summed E-state index contributed by atoms with van der Waals surface area (Å²) in [6.07, 6.45) is 4.05. The number of aryl methyl sites for hydroxylation is 1. The van der Waals surface area contributed by atoms with Gasteiger partial charge in [0.25, 0.3) is 0 Å². The molecular weight excluding hydrogens is 156 g/mol. The molecule has 0 unspecified atom stereocenters. The van der Waals surface area contributed by atoms with E-state index in [0.717, 1.165) is 17.2 Å². The predicted octanol–water partition coefficient (Wildman–Crippen LogP) is 2.03. The van der Waals surface area contributed by atoms with Gasteiger partial charge in [0.15, 0.2) is 0 Å². The summed E-state index contributed by atoms with van der Waals surface area (Å²) in [4.78, 5) is 7.56. The molecule has 0 aromatic carbocycles.